The lowest BCUT2D eigenvalue weighted by molar-refractivity contribution is 0.146. The zero-order valence-electron chi connectivity index (χ0n) is 15.4. The minimum atomic E-state index is -0.508. The fourth-order valence-electron chi connectivity index (χ4n) is 2.93. The lowest BCUT2D eigenvalue weighted by atomic mass is 10.2. The van der Waals surface area contributed by atoms with Gasteiger partial charge in [0.05, 0.1) is 5.02 Å². The van der Waals surface area contributed by atoms with Crippen LogP contribution < -0.4 is 9.64 Å². The van der Waals surface area contributed by atoms with Crippen molar-refractivity contribution >= 4 is 23.4 Å². The highest BCUT2D eigenvalue weighted by molar-refractivity contribution is 6.30. The molecule has 0 aliphatic carbocycles. The van der Waals surface area contributed by atoms with Gasteiger partial charge in [-0.15, -0.1) is 0 Å². The number of benzene rings is 1. The Morgan fingerprint density at radius 3 is 2.74 bits per heavy atom. The minimum absolute atomic E-state index is 0.00190. The molecule has 1 atom stereocenters. The van der Waals surface area contributed by atoms with Gasteiger partial charge in [0.25, 0.3) is 0 Å². The summed E-state index contributed by atoms with van der Waals surface area (Å²) in [5.41, 5.74) is 0. The first-order valence-electron chi connectivity index (χ1n) is 8.53. The third kappa shape index (κ3) is 4.39. The van der Waals surface area contributed by atoms with Crippen LogP contribution in [0.2, 0.25) is 5.02 Å². The number of nitrogens with zero attached hydrogens (tertiary/aromatic N) is 5. The summed E-state index contributed by atoms with van der Waals surface area (Å²) in [6.45, 7) is 3.92. The minimum Gasteiger partial charge on any atom is -0.439 e. The van der Waals surface area contributed by atoms with Crippen LogP contribution >= 0.6 is 11.6 Å². The third-order valence-corrected chi connectivity index (χ3v) is 4.61. The second-order valence-electron chi connectivity index (χ2n) is 6.56. The number of piperazine rings is 1. The highest BCUT2D eigenvalue weighted by Gasteiger charge is 2.29. The quantitative estimate of drug-likeness (QED) is 0.801. The summed E-state index contributed by atoms with van der Waals surface area (Å²) in [5.74, 6) is 0.923. The normalized spacial score (nSPS) is 17.0. The molecule has 0 bridgehead atoms. The monoisotopic (exact) mass is 393 g/mol. The number of anilines is 1. The Morgan fingerprint density at radius 2 is 2.07 bits per heavy atom. The van der Waals surface area contributed by atoms with Crippen LogP contribution in [-0.4, -0.2) is 65.6 Å². The number of halogens is 2. The number of carbonyl (C=O) groups excluding carboxylic acids is 1. The van der Waals surface area contributed by atoms with Crippen LogP contribution in [0.3, 0.4) is 0 Å². The van der Waals surface area contributed by atoms with Crippen molar-refractivity contribution in [1.82, 2.24) is 19.8 Å². The van der Waals surface area contributed by atoms with Crippen molar-refractivity contribution in [3.63, 3.8) is 0 Å². The second-order valence-corrected chi connectivity index (χ2v) is 6.97. The van der Waals surface area contributed by atoms with Crippen LogP contribution in [0.15, 0.2) is 30.6 Å². The Labute approximate surface area is 162 Å². The van der Waals surface area contributed by atoms with Crippen molar-refractivity contribution in [2.24, 2.45) is 0 Å². The van der Waals surface area contributed by atoms with E-state index in [1.807, 2.05) is 11.8 Å². The van der Waals surface area contributed by atoms with Crippen LogP contribution in [0.1, 0.15) is 6.92 Å². The van der Waals surface area contributed by atoms with Crippen LogP contribution in [0.5, 0.6) is 11.6 Å². The first-order valence-corrected chi connectivity index (χ1v) is 8.91. The summed E-state index contributed by atoms with van der Waals surface area (Å²) in [6, 6.07) is 5.88. The van der Waals surface area contributed by atoms with Crippen molar-refractivity contribution in [3.8, 4) is 11.6 Å². The van der Waals surface area contributed by atoms with Gasteiger partial charge in [0.15, 0.2) is 0 Å². The predicted octanol–water partition coefficient (Wildman–Crippen LogP) is 3.25. The molecule has 1 aromatic heterocycles. The molecule has 0 radical (unpaired) electrons. The lowest BCUT2D eigenvalue weighted by Crippen LogP contribution is -2.56. The fraction of sp³-hybridized carbons (Fsp3) is 0.389. The molecule has 1 aliphatic heterocycles. The van der Waals surface area contributed by atoms with Crippen molar-refractivity contribution in [2.45, 2.75) is 13.0 Å². The molecule has 2 amide bonds. The van der Waals surface area contributed by atoms with E-state index in [0.717, 1.165) is 0 Å². The maximum atomic E-state index is 13.3. The number of hydrogen-bond acceptors (Lipinski definition) is 5. The molecule has 0 N–H and O–H groups in total. The van der Waals surface area contributed by atoms with Gasteiger partial charge in [-0.1, -0.05) is 11.6 Å². The maximum absolute atomic E-state index is 13.3. The van der Waals surface area contributed by atoms with E-state index in [2.05, 4.69) is 14.9 Å². The maximum Gasteiger partial charge on any atom is 0.319 e. The molecule has 3 rings (SSSR count). The summed E-state index contributed by atoms with van der Waals surface area (Å²) >= 11 is 5.78. The van der Waals surface area contributed by atoms with E-state index in [9.17, 15) is 9.18 Å². The molecule has 27 heavy (non-hydrogen) atoms. The summed E-state index contributed by atoms with van der Waals surface area (Å²) in [5, 5.41) is -0.0164. The van der Waals surface area contributed by atoms with Gasteiger partial charge in [0.1, 0.15) is 23.7 Å². The molecule has 9 heteroatoms. The Kier molecular flexibility index (Phi) is 5.65. The molecule has 1 fully saturated rings. The van der Waals surface area contributed by atoms with Crippen LogP contribution in [0.25, 0.3) is 0 Å². The lowest BCUT2D eigenvalue weighted by Gasteiger charge is -2.41. The molecular weight excluding hydrogens is 373 g/mol. The number of carbonyl (C=O) groups is 1. The van der Waals surface area contributed by atoms with Gasteiger partial charge in [-0.25, -0.2) is 19.2 Å². The van der Waals surface area contributed by atoms with Crippen LogP contribution in [-0.2, 0) is 0 Å². The van der Waals surface area contributed by atoms with Crippen molar-refractivity contribution < 1.29 is 13.9 Å². The molecule has 7 nitrogen and oxygen atoms in total. The number of hydrogen-bond donors (Lipinski definition) is 0. The SMILES string of the molecule is CC1CN(c2cc(Oc3ccc(F)c(Cl)c3)ncn2)CCN1C(=O)N(C)C. The molecule has 2 heterocycles. The summed E-state index contributed by atoms with van der Waals surface area (Å²) in [6.07, 6.45) is 1.41. The highest BCUT2D eigenvalue weighted by atomic mass is 35.5. The number of aromatic nitrogens is 2. The standard InChI is InChI=1S/C18H21ClFN5O2/c1-12-10-24(6-7-25(12)18(26)23(2)3)16-9-17(22-11-21-16)27-13-4-5-15(20)14(19)8-13/h4-5,8-9,11-12H,6-7,10H2,1-3H3. The number of ether oxygens (including phenoxy) is 1. The van der Waals surface area contributed by atoms with E-state index in [-0.39, 0.29) is 17.1 Å². The van der Waals surface area contributed by atoms with Crippen molar-refractivity contribution in [1.29, 1.82) is 0 Å². The topological polar surface area (TPSA) is 61.8 Å². The Hall–Kier alpha value is -2.61. The molecule has 144 valence electrons. The summed E-state index contributed by atoms with van der Waals surface area (Å²) in [4.78, 5) is 26.1. The van der Waals surface area contributed by atoms with Crippen LogP contribution in [0.4, 0.5) is 15.0 Å². The third-order valence-electron chi connectivity index (χ3n) is 4.32. The first-order chi connectivity index (χ1) is 12.8. The molecule has 1 saturated heterocycles. The summed E-state index contributed by atoms with van der Waals surface area (Å²) < 4.78 is 18.9. The zero-order chi connectivity index (χ0) is 19.6. The molecule has 1 aromatic carbocycles. The van der Waals surface area contributed by atoms with Gasteiger partial charge in [0.2, 0.25) is 5.88 Å². The Bertz CT molecular complexity index is 835. The van der Waals surface area contributed by atoms with Crippen molar-refractivity contribution in [2.75, 3.05) is 38.6 Å². The van der Waals surface area contributed by atoms with Crippen LogP contribution in [0, 0.1) is 5.82 Å². The van der Waals surface area contributed by atoms with Crippen molar-refractivity contribution in [3.05, 3.63) is 41.4 Å². The largest absolute Gasteiger partial charge is 0.439 e. The smallest absolute Gasteiger partial charge is 0.319 e. The molecular formula is C18H21ClFN5O2. The first kappa shape index (κ1) is 19.2. The Balaban J connectivity index is 1.70. The van der Waals surface area contributed by atoms with E-state index in [4.69, 9.17) is 16.3 Å². The zero-order valence-corrected chi connectivity index (χ0v) is 16.1. The van der Waals surface area contributed by atoms with Gasteiger partial charge >= 0.3 is 6.03 Å². The number of urea groups is 1. The molecule has 0 spiro atoms. The average molecular weight is 394 g/mol. The van der Waals surface area contributed by atoms with Gasteiger partial charge < -0.3 is 19.4 Å². The Morgan fingerprint density at radius 1 is 1.30 bits per heavy atom. The predicted molar refractivity (Wildman–Crippen MR) is 101 cm³/mol. The second kappa shape index (κ2) is 7.96. The number of rotatable bonds is 3. The molecule has 1 aliphatic rings. The van der Waals surface area contributed by atoms with E-state index in [0.29, 0.717) is 37.1 Å². The molecule has 0 saturated carbocycles. The van der Waals surface area contributed by atoms with E-state index >= 15 is 0 Å². The molecule has 1 unspecified atom stereocenters. The van der Waals surface area contributed by atoms with Gasteiger partial charge in [-0.05, 0) is 19.1 Å². The number of amides is 2. The molecule has 2 aromatic rings. The fourth-order valence-corrected chi connectivity index (χ4v) is 3.10. The van der Waals surface area contributed by atoms with E-state index < -0.39 is 5.82 Å². The summed E-state index contributed by atoms with van der Waals surface area (Å²) in [7, 11) is 3.49. The van der Waals surface area contributed by atoms with Gasteiger partial charge in [0, 0.05) is 51.9 Å². The van der Waals surface area contributed by atoms with E-state index in [1.54, 1.807) is 25.1 Å². The van der Waals surface area contributed by atoms with Gasteiger partial charge in [-0.3, -0.25) is 0 Å². The van der Waals surface area contributed by atoms with Gasteiger partial charge in [-0.2, -0.15) is 0 Å². The van der Waals surface area contributed by atoms with E-state index in [1.165, 1.54) is 24.5 Å². The highest BCUT2D eigenvalue weighted by Crippen LogP contribution is 2.27. The average Bonchev–Trinajstić information content (AvgIpc) is 2.64.